The maximum atomic E-state index is 13.6. The molecule has 2 aliphatic heterocycles. The van der Waals surface area contributed by atoms with E-state index in [9.17, 15) is 9.18 Å². The normalized spacial score (nSPS) is 28.5. The molecule has 0 bridgehead atoms. The van der Waals surface area contributed by atoms with Crippen molar-refractivity contribution in [2.45, 2.75) is 44.8 Å². The number of halogens is 1. The largest absolute Gasteiger partial charge is 0.375 e. The van der Waals surface area contributed by atoms with Gasteiger partial charge < -0.3 is 9.64 Å². The van der Waals surface area contributed by atoms with Gasteiger partial charge in [-0.3, -0.25) is 4.79 Å². The number of benzene rings is 1. The Kier molecular flexibility index (Phi) is 4.24. The second kappa shape index (κ2) is 6.14. The van der Waals surface area contributed by atoms with Crippen molar-refractivity contribution in [3.05, 3.63) is 35.6 Å². The summed E-state index contributed by atoms with van der Waals surface area (Å²) in [6.45, 7) is 3.66. The highest BCUT2D eigenvalue weighted by Crippen LogP contribution is 2.32. The Balaban J connectivity index is 1.53. The highest BCUT2D eigenvalue weighted by molar-refractivity contribution is 5.76. The third-order valence-corrected chi connectivity index (χ3v) is 4.62. The van der Waals surface area contributed by atoms with Crippen LogP contribution < -0.4 is 0 Å². The van der Waals surface area contributed by atoms with Gasteiger partial charge in [0.15, 0.2) is 0 Å². The fraction of sp³-hybridized carbons (Fsp3) is 0.588. The number of amides is 1. The molecule has 2 aliphatic rings. The molecular formula is C17H22FNO2. The molecule has 3 nitrogen and oxygen atoms in total. The van der Waals surface area contributed by atoms with Crippen LogP contribution in [0.25, 0.3) is 0 Å². The van der Waals surface area contributed by atoms with E-state index in [1.54, 1.807) is 12.1 Å². The van der Waals surface area contributed by atoms with E-state index in [2.05, 4.69) is 6.92 Å². The van der Waals surface area contributed by atoms with E-state index in [-0.39, 0.29) is 11.7 Å². The van der Waals surface area contributed by atoms with Gasteiger partial charge in [0.2, 0.25) is 5.91 Å². The molecule has 0 N–H and O–H groups in total. The van der Waals surface area contributed by atoms with Crippen LogP contribution in [0.2, 0.25) is 0 Å². The molecule has 0 radical (unpaired) electrons. The molecule has 3 rings (SSSR count). The fourth-order valence-electron chi connectivity index (χ4n) is 3.52. The molecule has 114 valence electrons. The zero-order valence-corrected chi connectivity index (χ0v) is 12.4. The van der Waals surface area contributed by atoms with E-state index in [0.717, 1.165) is 25.9 Å². The average Bonchev–Trinajstić information content (AvgIpc) is 2.85. The minimum absolute atomic E-state index is 0.135. The van der Waals surface area contributed by atoms with Gasteiger partial charge >= 0.3 is 0 Å². The van der Waals surface area contributed by atoms with Crippen molar-refractivity contribution in [3.8, 4) is 0 Å². The molecule has 2 fully saturated rings. The molecule has 1 amide bonds. The number of hydrogen-bond donors (Lipinski definition) is 0. The number of nitrogens with zero attached hydrogens (tertiary/aromatic N) is 1. The monoisotopic (exact) mass is 291 g/mol. The first-order chi connectivity index (χ1) is 10.1. The Hall–Kier alpha value is -1.42. The van der Waals surface area contributed by atoms with Gasteiger partial charge in [-0.2, -0.15) is 0 Å². The molecule has 2 heterocycles. The lowest BCUT2D eigenvalue weighted by atomic mass is 9.92. The summed E-state index contributed by atoms with van der Waals surface area (Å²) in [6.07, 6.45) is 3.48. The predicted octanol–water partition coefficient (Wildman–Crippen LogP) is 2.78. The van der Waals surface area contributed by atoms with Gasteiger partial charge in [0.05, 0.1) is 12.2 Å². The molecule has 3 atom stereocenters. The SMILES string of the molecule is C[C@H]1C[C@H]2CN(C(=O)CCc3ccccc3F)CC[C@@H]2O1. The summed E-state index contributed by atoms with van der Waals surface area (Å²) >= 11 is 0. The number of ether oxygens (including phenoxy) is 1. The Labute approximate surface area is 125 Å². The Bertz CT molecular complexity index is 519. The average molecular weight is 291 g/mol. The van der Waals surface area contributed by atoms with Crippen molar-refractivity contribution in [3.63, 3.8) is 0 Å². The van der Waals surface area contributed by atoms with E-state index >= 15 is 0 Å². The standard InChI is InChI=1S/C17H22FNO2/c1-12-10-14-11-19(9-8-16(14)21-12)17(20)7-6-13-4-2-3-5-15(13)18/h2-5,12,14,16H,6-11H2,1H3/t12-,14-,16-/m0/s1. The lowest BCUT2D eigenvalue weighted by Crippen LogP contribution is -2.44. The molecular weight excluding hydrogens is 269 g/mol. The third-order valence-electron chi connectivity index (χ3n) is 4.62. The Morgan fingerprint density at radius 1 is 1.43 bits per heavy atom. The first-order valence-corrected chi connectivity index (χ1v) is 7.80. The highest BCUT2D eigenvalue weighted by atomic mass is 19.1. The molecule has 2 saturated heterocycles. The summed E-state index contributed by atoms with van der Waals surface area (Å²) in [5, 5.41) is 0. The van der Waals surface area contributed by atoms with E-state index in [1.807, 2.05) is 11.0 Å². The van der Waals surface area contributed by atoms with Crippen molar-refractivity contribution in [1.82, 2.24) is 4.90 Å². The lowest BCUT2D eigenvalue weighted by molar-refractivity contribution is -0.134. The van der Waals surface area contributed by atoms with Gasteiger partial charge in [0.25, 0.3) is 0 Å². The zero-order chi connectivity index (χ0) is 14.8. The van der Waals surface area contributed by atoms with E-state index < -0.39 is 0 Å². The van der Waals surface area contributed by atoms with Gasteiger partial charge in [-0.25, -0.2) is 4.39 Å². The molecule has 0 spiro atoms. The van der Waals surface area contributed by atoms with Crippen molar-refractivity contribution in [2.24, 2.45) is 5.92 Å². The number of piperidine rings is 1. The first kappa shape index (κ1) is 14.5. The van der Waals surface area contributed by atoms with E-state index in [0.29, 0.717) is 36.5 Å². The van der Waals surface area contributed by atoms with E-state index in [4.69, 9.17) is 4.74 Å². The zero-order valence-electron chi connectivity index (χ0n) is 12.4. The van der Waals surface area contributed by atoms with Crippen LogP contribution in [0.4, 0.5) is 4.39 Å². The number of aryl methyl sites for hydroxylation is 1. The number of likely N-dealkylation sites (tertiary alicyclic amines) is 1. The summed E-state index contributed by atoms with van der Waals surface area (Å²) in [4.78, 5) is 14.2. The molecule has 4 heteroatoms. The molecule has 1 aromatic carbocycles. The smallest absolute Gasteiger partial charge is 0.222 e. The quantitative estimate of drug-likeness (QED) is 0.857. The maximum Gasteiger partial charge on any atom is 0.222 e. The van der Waals surface area contributed by atoms with Gasteiger partial charge in [-0.15, -0.1) is 0 Å². The summed E-state index contributed by atoms with van der Waals surface area (Å²) < 4.78 is 19.4. The van der Waals surface area contributed by atoms with Crippen LogP contribution in [0.5, 0.6) is 0 Å². The molecule has 1 aromatic rings. The predicted molar refractivity (Wildman–Crippen MR) is 78.4 cm³/mol. The van der Waals surface area contributed by atoms with Crippen LogP contribution >= 0.6 is 0 Å². The number of fused-ring (bicyclic) bond motifs is 1. The number of rotatable bonds is 3. The van der Waals surface area contributed by atoms with Crippen molar-refractivity contribution < 1.29 is 13.9 Å². The molecule has 0 unspecified atom stereocenters. The lowest BCUT2D eigenvalue weighted by Gasteiger charge is -2.34. The summed E-state index contributed by atoms with van der Waals surface area (Å²) in [6, 6.07) is 6.68. The van der Waals surface area contributed by atoms with Crippen LogP contribution in [0.1, 0.15) is 31.7 Å². The van der Waals surface area contributed by atoms with Crippen LogP contribution in [0.15, 0.2) is 24.3 Å². The van der Waals surface area contributed by atoms with Crippen LogP contribution in [0, 0.1) is 11.7 Å². The van der Waals surface area contributed by atoms with Gasteiger partial charge in [-0.1, -0.05) is 18.2 Å². The molecule has 0 saturated carbocycles. The Morgan fingerprint density at radius 2 is 2.24 bits per heavy atom. The summed E-state index contributed by atoms with van der Waals surface area (Å²) in [5.41, 5.74) is 0.624. The van der Waals surface area contributed by atoms with Gasteiger partial charge in [0, 0.05) is 25.4 Å². The maximum absolute atomic E-state index is 13.6. The van der Waals surface area contributed by atoms with Crippen molar-refractivity contribution in [1.29, 1.82) is 0 Å². The molecule has 0 aliphatic carbocycles. The van der Waals surface area contributed by atoms with Crippen LogP contribution in [-0.2, 0) is 16.0 Å². The number of hydrogen-bond acceptors (Lipinski definition) is 2. The van der Waals surface area contributed by atoms with Crippen LogP contribution in [-0.4, -0.2) is 36.1 Å². The minimum atomic E-state index is -0.220. The third kappa shape index (κ3) is 3.26. The number of carbonyl (C=O) groups is 1. The van der Waals surface area contributed by atoms with Gasteiger partial charge in [0.1, 0.15) is 5.82 Å². The topological polar surface area (TPSA) is 29.5 Å². The highest BCUT2D eigenvalue weighted by Gasteiger charge is 2.38. The van der Waals surface area contributed by atoms with Crippen LogP contribution in [0.3, 0.4) is 0 Å². The fourth-order valence-corrected chi connectivity index (χ4v) is 3.52. The van der Waals surface area contributed by atoms with Crippen molar-refractivity contribution in [2.75, 3.05) is 13.1 Å². The van der Waals surface area contributed by atoms with Gasteiger partial charge in [-0.05, 0) is 37.8 Å². The van der Waals surface area contributed by atoms with E-state index in [1.165, 1.54) is 6.07 Å². The summed E-state index contributed by atoms with van der Waals surface area (Å²) in [5.74, 6) is 0.393. The molecule has 21 heavy (non-hydrogen) atoms. The second-order valence-corrected chi connectivity index (χ2v) is 6.20. The molecule has 0 aromatic heterocycles. The summed E-state index contributed by atoms with van der Waals surface area (Å²) in [7, 11) is 0. The minimum Gasteiger partial charge on any atom is -0.375 e. The first-order valence-electron chi connectivity index (χ1n) is 7.80. The number of carbonyl (C=O) groups excluding carboxylic acids is 1. The second-order valence-electron chi connectivity index (χ2n) is 6.20. The van der Waals surface area contributed by atoms with Crippen molar-refractivity contribution >= 4 is 5.91 Å². The Morgan fingerprint density at radius 3 is 3.05 bits per heavy atom.